The van der Waals surface area contributed by atoms with E-state index in [0.29, 0.717) is 0 Å². The lowest BCUT2D eigenvalue weighted by Gasteiger charge is -2.41. The lowest BCUT2D eigenvalue weighted by atomic mass is 9.76. The third-order valence-corrected chi connectivity index (χ3v) is 4.92. The Balaban J connectivity index is 1.62. The van der Waals surface area contributed by atoms with Crippen molar-refractivity contribution in [3.05, 3.63) is 66.7 Å². The van der Waals surface area contributed by atoms with E-state index in [0.717, 1.165) is 36.8 Å². The molecule has 0 amide bonds. The molecule has 25 heavy (non-hydrogen) atoms. The first kappa shape index (κ1) is 15.7. The summed E-state index contributed by atoms with van der Waals surface area (Å²) in [5, 5.41) is 0. The van der Waals surface area contributed by atoms with Crippen molar-refractivity contribution in [1.82, 2.24) is 19.9 Å². The zero-order chi connectivity index (χ0) is 17.1. The molecule has 2 aromatic heterocycles. The minimum Gasteiger partial charge on any atom is -0.340 e. The maximum atomic E-state index is 4.74. The molecule has 0 N–H and O–H groups in total. The Morgan fingerprint density at radius 2 is 1.84 bits per heavy atom. The highest BCUT2D eigenvalue weighted by molar-refractivity contribution is 5.54. The summed E-state index contributed by atoms with van der Waals surface area (Å²) >= 11 is 0. The smallest absolute Gasteiger partial charge is 0.225 e. The Morgan fingerprint density at radius 1 is 0.960 bits per heavy atom. The molecule has 1 atom stereocenters. The Hall–Kier alpha value is -2.82. The van der Waals surface area contributed by atoms with Crippen molar-refractivity contribution in [2.75, 3.05) is 18.0 Å². The molecule has 1 aromatic carbocycles. The standard InChI is InChI=1S/C20H21N5/c1-20(16-6-3-2-4-7-16)9-5-13-25(15-20)19-23-10-8-17(24-19)18-14-21-11-12-22-18/h2-4,6-8,10-12,14H,5,9,13,15H2,1H3. The van der Waals surface area contributed by atoms with Crippen molar-refractivity contribution in [3.8, 4) is 11.4 Å². The van der Waals surface area contributed by atoms with Crippen LogP contribution in [-0.4, -0.2) is 33.0 Å². The second-order valence-electron chi connectivity index (χ2n) is 6.78. The van der Waals surface area contributed by atoms with E-state index in [2.05, 4.69) is 57.1 Å². The molecule has 3 aromatic rings. The summed E-state index contributed by atoms with van der Waals surface area (Å²) in [6.07, 6.45) is 9.20. The molecule has 0 saturated carbocycles. The van der Waals surface area contributed by atoms with Gasteiger partial charge in [0, 0.05) is 37.1 Å². The fraction of sp³-hybridized carbons (Fsp3) is 0.300. The second kappa shape index (κ2) is 6.59. The monoisotopic (exact) mass is 331 g/mol. The van der Waals surface area contributed by atoms with Crippen LogP contribution in [-0.2, 0) is 5.41 Å². The van der Waals surface area contributed by atoms with Gasteiger partial charge < -0.3 is 4.90 Å². The molecule has 4 rings (SSSR count). The first-order valence-corrected chi connectivity index (χ1v) is 8.65. The van der Waals surface area contributed by atoms with Gasteiger partial charge in [0.2, 0.25) is 5.95 Å². The summed E-state index contributed by atoms with van der Waals surface area (Å²) in [5.74, 6) is 0.769. The number of aromatic nitrogens is 4. The van der Waals surface area contributed by atoms with Gasteiger partial charge in [0.15, 0.2) is 0 Å². The zero-order valence-corrected chi connectivity index (χ0v) is 14.3. The molecule has 1 unspecified atom stereocenters. The van der Waals surface area contributed by atoms with Gasteiger partial charge >= 0.3 is 0 Å². The molecule has 1 aliphatic heterocycles. The van der Waals surface area contributed by atoms with E-state index in [1.54, 1.807) is 24.8 Å². The van der Waals surface area contributed by atoms with Gasteiger partial charge in [0.05, 0.1) is 11.9 Å². The van der Waals surface area contributed by atoms with Crippen LogP contribution in [0.4, 0.5) is 5.95 Å². The average molecular weight is 331 g/mol. The topological polar surface area (TPSA) is 54.8 Å². The van der Waals surface area contributed by atoms with Gasteiger partial charge in [-0.15, -0.1) is 0 Å². The van der Waals surface area contributed by atoms with Crippen LogP contribution in [0.15, 0.2) is 61.2 Å². The summed E-state index contributed by atoms with van der Waals surface area (Å²) in [5.41, 5.74) is 3.08. The molecule has 0 spiro atoms. The number of rotatable bonds is 3. The Bertz CT molecular complexity index is 837. The summed E-state index contributed by atoms with van der Waals surface area (Å²) in [4.78, 5) is 20.0. The molecule has 1 saturated heterocycles. The van der Waals surface area contributed by atoms with E-state index >= 15 is 0 Å². The zero-order valence-electron chi connectivity index (χ0n) is 14.3. The van der Waals surface area contributed by atoms with Gasteiger partial charge in [-0.3, -0.25) is 9.97 Å². The van der Waals surface area contributed by atoms with Crippen LogP contribution < -0.4 is 4.90 Å². The SMILES string of the molecule is CC1(c2ccccc2)CCCN(c2nccc(-c3cnccn3)n2)C1. The first-order chi connectivity index (χ1) is 12.2. The molecular formula is C20H21N5. The number of hydrogen-bond donors (Lipinski definition) is 0. The lowest BCUT2D eigenvalue weighted by Crippen LogP contribution is -2.45. The second-order valence-corrected chi connectivity index (χ2v) is 6.78. The van der Waals surface area contributed by atoms with Gasteiger partial charge in [-0.05, 0) is 24.5 Å². The molecular weight excluding hydrogens is 310 g/mol. The van der Waals surface area contributed by atoms with Crippen LogP contribution >= 0.6 is 0 Å². The van der Waals surface area contributed by atoms with E-state index in [-0.39, 0.29) is 5.41 Å². The van der Waals surface area contributed by atoms with Crippen molar-refractivity contribution in [3.63, 3.8) is 0 Å². The van der Waals surface area contributed by atoms with Crippen molar-refractivity contribution < 1.29 is 0 Å². The predicted molar refractivity (Wildman–Crippen MR) is 98.3 cm³/mol. The normalized spacial score (nSPS) is 20.4. The fourth-order valence-corrected chi connectivity index (χ4v) is 3.56. The highest BCUT2D eigenvalue weighted by Crippen LogP contribution is 2.34. The van der Waals surface area contributed by atoms with Crippen LogP contribution in [0, 0.1) is 0 Å². The van der Waals surface area contributed by atoms with Gasteiger partial charge in [-0.25, -0.2) is 9.97 Å². The molecule has 0 bridgehead atoms. The average Bonchev–Trinajstić information content (AvgIpc) is 2.70. The van der Waals surface area contributed by atoms with Gasteiger partial charge in [-0.1, -0.05) is 37.3 Å². The van der Waals surface area contributed by atoms with Crippen molar-refractivity contribution in [2.45, 2.75) is 25.2 Å². The van der Waals surface area contributed by atoms with Crippen molar-refractivity contribution >= 4 is 5.95 Å². The molecule has 3 heterocycles. The van der Waals surface area contributed by atoms with E-state index in [1.807, 2.05) is 6.07 Å². The van der Waals surface area contributed by atoms with Gasteiger partial charge in [0.1, 0.15) is 5.69 Å². The molecule has 0 aliphatic carbocycles. The van der Waals surface area contributed by atoms with Crippen LogP contribution in [0.25, 0.3) is 11.4 Å². The van der Waals surface area contributed by atoms with Gasteiger partial charge in [0.25, 0.3) is 0 Å². The molecule has 0 radical (unpaired) electrons. The molecule has 1 aliphatic rings. The summed E-state index contributed by atoms with van der Waals surface area (Å²) in [6, 6.07) is 12.6. The first-order valence-electron chi connectivity index (χ1n) is 8.65. The predicted octanol–water partition coefficient (Wildman–Crippen LogP) is 3.49. The minimum atomic E-state index is 0.116. The molecule has 1 fully saturated rings. The number of benzene rings is 1. The summed E-state index contributed by atoms with van der Waals surface area (Å²) in [6.45, 7) is 4.23. The highest BCUT2D eigenvalue weighted by atomic mass is 15.3. The van der Waals surface area contributed by atoms with E-state index < -0.39 is 0 Å². The summed E-state index contributed by atoms with van der Waals surface area (Å²) < 4.78 is 0. The van der Waals surface area contributed by atoms with Crippen molar-refractivity contribution in [1.29, 1.82) is 0 Å². The third-order valence-electron chi connectivity index (χ3n) is 4.92. The molecule has 126 valence electrons. The van der Waals surface area contributed by atoms with E-state index in [4.69, 9.17) is 4.98 Å². The fourth-order valence-electron chi connectivity index (χ4n) is 3.56. The van der Waals surface area contributed by atoms with Crippen molar-refractivity contribution in [2.24, 2.45) is 0 Å². The van der Waals surface area contributed by atoms with E-state index in [1.165, 1.54) is 12.0 Å². The maximum Gasteiger partial charge on any atom is 0.225 e. The lowest BCUT2D eigenvalue weighted by molar-refractivity contribution is 0.370. The van der Waals surface area contributed by atoms with E-state index in [9.17, 15) is 0 Å². The third kappa shape index (κ3) is 3.22. The molecule has 5 heteroatoms. The Labute approximate surface area is 147 Å². The van der Waals surface area contributed by atoms with Crippen LogP contribution in [0.1, 0.15) is 25.3 Å². The Morgan fingerprint density at radius 3 is 2.64 bits per heavy atom. The summed E-state index contributed by atoms with van der Waals surface area (Å²) in [7, 11) is 0. The maximum absolute atomic E-state index is 4.74. The number of hydrogen-bond acceptors (Lipinski definition) is 5. The number of anilines is 1. The number of piperidine rings is 1. The molecule has 5 nitrogen and oxygen atoms in total. The van der Waals surface area contributed by atoms with Crippen LogP contribution in [0.3, 0.4) is 0 Å². The van der Waals surface area contributed by atoms with Gasteiger partial charge in [-0.2, -0.15) is 0 Å². The minimum absolute atomic E-state index is 0.116. The van der Waals surface area contributed by atoms with Crippen LogP contribution in [0.5, 0.6) is 0 Å². The highest BCUT2D eigenvalue weighted by Gasteiger charge is 2.33. The Kier molecular flexibility index (Phi) is 4.14. The number of nitrogens with zero attached hydrogens (tertiary/aromatic N) is 5. The largest absolute Gasteiger partial charge is 0.340 e. The van der Waals surface area contributed by atoms with Crippen LogP contribution in [0.2, 0.25) is 0 Å². The quantitative estimate of drug-likeness (QED) is 0.735.